The second kappa shape index (κ2) is 3.84. The van der Waals surface area contributed by atoms with Crippen molar-refractivity contribution >= 4 is 0 Å². The number of hydrogen-bond acceptors (Lipinski definition) is 1. The van der Waals surface area contributed by atoms with Crippen molar-refractivity contribution in [2.24, 2.45) is 5.92 Å². The number of likely N-dealkylation sites (tertiary alicyclic amines) is 1. The molecule has 0 aromatic rings. The number of nitrogens with zero attached hydrogens (tertiary/aromatic N) is 1. The average molecular weight is 193 g/mol. The average Bonchev–Trinajstić information content (AvgIpc) is 2.22. The summed E-state index contributed by atoms with van der Waals surface area (Å²) in [6.07, 6.45) is 13.6. The molecular weight excluding hydrogens is 170 g/mol. The molecule has 1 aliphatic heterocycles. The molecule has 3 aliphatic rings. The van der Waals surface area contributed by atoms with Crippen LogP contribution in [0, 0.1) is 5.92 Å². The maximum absolute atomic E-state index is 2.86. The highest BCUT2D eigenvalue weighted by atomic mass is 15.3. The summed E-state index contributed by atoms with van der Waals surface area (Å²) in [5.74, 6) is 1.10. The summed E-state index contributed by atoms with van der Waals surface area (Å²) < 4.78 is 0. The fourth-order valence-corrected chi connectivity index (χ4v) is 3.94. The van der Waals surface area contributed by atoms with Crippen LogP contribution in [0.3, 0.4) is 0 Å². The Labute approximate surface area is 87.9 Å². The van der Waals surface area contributed by atoms with E-state index in [1.165, 1.54) is 64.3 Å². The fourth-order valence-electron chi connectivity index (χ4n) is 3.94. The summed E-state index contributed by atoms with van der Waals surface area (Å²) in [5.41, 5.74) is 0. The third-order valence-corrected chi connectivity index (χ3v) is 4.78. The standard InChI is InChI=1S/C13H23N/c1-2-7-12(8-3-1)14-10-11-6-4-5-9-13(11)14/h11-13H,1-10H2/t11-,13+/m0/s1. The molecule has 0 unspecified atom stereocenters. The van der Waals surface area contributed by atoms with Gasteiger partial charge in [-0.25, -0.2) is 0 Å². The van der Waals surface area contributed by atoms with Crippen molar-refractivity contribution < 1.29 is 0 Å². The zero-order valence-corrected chi connectivity index (χ0v) is 9.25. The molecule has 1 saturated heterocycles. The van der Waals surface area contributed by atoms with Gasteiger partial charge in [-0.2, -0.15) is 0 Å². The van der Waals surface area contributed by atoms with Crippen molar-refractivity contribution in [1.29, 1.82) is 0 Å². The first-order valence-electron chi connectivity index (χ1n) is 6.71. The molecule has 1 nitrogen and oxygen atoms in total. The Morgan fingerprint density at radius 2 is 1.43 bits per heavy atom. The molecule has 0 N–H and O–H groups in total. The molecule has 0 bridgehead atoms. The highest BCUT2D eigenvalue weighted by Gasteiger charge is 2.43. The van der Waals surface area contributed by atoms with Crippen molar-refractivity contribution in [1.82, 2.24) is 4.90 Å². The third kappa shape index (κ3) is 1.50. The van der Waals surface area contributed by atoms with Gasteiger partial charge in [0.15, 0.2) is 0 Å². The first kappa shape index (κ1) is 9.21. The van der Waals surface area contributed by atoms with Gasteiger partial charge in [-0.05, 0) is 31.6 Å². The van der Waals surface area contributed by atoms with E-state index in [1.807, 2.05) is 0 Å². The van der Waals surface area contributed by atoms with Crippen molar-refractivity contribution in [3.05, 3.63) is 0 Å². The minimum Gasteiger partial charge on any atom is -0.297 e. The maximum Gasteiger partial charge on any atom is 0.0139 e. The van der Waals surface area contributed by atoms with E-state index in [9.17, 15) is 0 Å². The highest BCUT2D eigenvalue weighted by molar-refractivity contribution is 4.97. The lowest BCUT2D eigenvalue weighted by Gasteiger charge is -2.55. The molecule has 0 aromatic carbocycles. The van der Waals surface area contributed by atoms with Crippen molar-refractivity contribution in [3.8, 4) is 0 Å². The van der Waals surface area contributed by atoms with E-state index in [0.717, 1.165) is 18.0 Å². The second-order valence-electron chi connectivity index (χ2n) is 5.60. The molecular formula is C13H23N. The molecule has 1 heteroatoms. The Morgan fingerprint density at radius 1 is 0.714 bits per heavy atom. The molecule has 2 saturated carbocycles. The van der Waals surface area contributed by atoms with Gasteiger partial charge in [0.1, 0.15) is 0 Å². The molecule has 0 amide bonds. The first-order chi connectivity index (χ1) is 6.95. The van der Waals surface area contributed by atoms with Crippen molar-refractivity contribution in [2.45, 2.75) is 69.9 Å². The van der Waals surface area contributed by atoms with E-state index in [-0.39, 0.29) is 0 Å². The zero-order chi connectivity index (χ0) is 9.38. The molecule has 3 fully saturated rings. The van der Waals surface area contributed by atoms with E-state index >= 15 is 0 Å². The van der Waals surface area contributed by atoms with Gasteiger partial charge < -0.3 is 0 Å². The summed E-state index contributed by atoms with van der Waals surface area (Å²) in [4.78, 5) is 2.86. The van der Waals surface area contributed by atoms with Gasteiger partial charge in [0.2, 0.25) is 0 Å². The van der Waals surface area contributed by atoms with Crippen LogP contribution in [-0.4, -0.2) is 23.5 Å². The van der Waals surface area contributed by atoms with Crippen LogP contribution in [0.5, 0.6) is 0 Å². The lowest BCUT2D eigenvalue weighted by atomic mass is 9.74. The van der Waals surface area contributed by atoms with E-state index < -0.39 is 0 Å². The Hall–Kier alpha value is -0.0400. The molecule has 0 aromatic heterocycles. The number of hydrogen-bond donors (Lipinski definition) is 0. The predicted molar refractivity (Wildman–Crippen MR) is 59.3 cm³/mol. The second-order valence-corrected chi connectivity index (χ2v) is 5.60. The third-order valence-electron chi connectivity index (χ3n) is 4.78. The van der Waals surface area contributed by atoms with Crippen LogP contribution in [0.4, 0.5) is 0 Å². The molecule has 2 atom stereocenters. The van der Waals surface area contributed by atoms with Crippen LogP contribution in [0.25, 0.3) is 0 Å². The normalized spacial score (nSPS) is 40.3. The van der Waals surface area contributed by atoms with Crippen LogP contribution in [-0.2, 0) is 0 Å². The molecule has 80 valence electrons. The van der Waals surface area contributed by atoms with Gasteiger partial charge in [0.05, 0.1) is 0 Å². The summed E-state index contributed by atoms with van der Waals surface area (Å²) in [7, 11) is 0. The van der Waals surface area contributed by atoms with E-state index in [0.29, 0.717) is 0 Å². The first-order valence-corrected chi connectivity index (χ1v) is 6.71. The van der Waals surface area contributed by atoms with Crippen molar-refractivity contribution in [3.63, 3.8) is 0 Å². The van der Waals surface area contributed by atoms with Crippen molar-refractivity contribution in [2.75, 3.05) is 6.54 Å². The quantitative estimate of drug-likeness (QED) is 0.618. The molecule has 0 radical (unpaired) electrons. The Bertz CT molecular complexity index is 188. The summed E-state index contributed by atoms with van der Waals surface area (Å²) in [5, 5.41) is 0. The predicted octanol–water partition coefficient (Wildman–Crippen LogP) is 3.19. The lowest BCUT2D eigenvalue weighted by molar-refractivity contribution is -0.0563. The maximum atomic E-state index is 2.86. The van der Waals surface area contributed by atoms with Crippen LogP contribution in [0.15, 0.2) is 0 Å². The smallest absolute Gasteiger partial charge is 0.0139 e. The van der Waals surface area contributed by atoms with Gasteiger partial charge in [0, 0.05) is 18.6 Å². The molecule has 14 heavy (non-hydrogen) atoms. The fraction of sp³-hybridized carbons (Fsp3) is 1.00. The highest BCUT2D eigenvalue weighted by Crippen LogP contribution is 2.40. The zero-order valence-electron chi connectivity index (χ0n) is 9.25. The van der Waals surface area contributed by atoms with E-state index in [1.54, 1.807) is 0 Å². The summed E-state index contributed by atoms with van der Waals surface area (Å²) in [6, 6.07) is 2.01. The summed E-state index contributed by atoms with van der Waals surface area (Å²) >= 11 is 0. The van der Waals surface area contributed by atoms with Gasteiger partial charge in [-0.1, -0.05) is 32.1 Å². The van der Waals surface area contributed by atoms with E-state index in [2.05, 4.69) is 4.90 Å². The molecule has 1 heterocycles. The van der Waals surface area contributed by atoms with Gasteiger partial charge >= 0.3 is 0 Å². The van der Waals surface area contributed by atoms with Crippen LogP contribution in [0.1, 0.15) is 57.8 Å². The number of fused-ring (bicyclic) bond motifs is 1. The molecule has 3 rings (SSSR count). The lowest BCUT2D eigenvalue weighted by Crippen LogP contribution is -2.61. The largest absolute Gasteiger partial charge is 0.297 e. The van der Waals surface area contributed by atoms with Gasteiger partial charge in [0.25, 0.3) is 0 Å². The SMILES string of the molecule is C1CCC(N2C[C@@H]3CCCC[C@H]32)CC1. The van der Waals surface area contributed by atoms with Crippen LogP contribution < -0.4 is 0 Å². The molecule has 0 spiro atoms. The minimum atomic E-state index is 0.989. The summed E-state index contributed by atoms with van der Waals surface area (Å²) in [6.45, 7) is 1.45. The Balaban J connectivity index is 1.58. The monoisotopic (exact) mass is 193 g/mol. The van der Waals surface area contributed by atoms with Crippen LogP contribution >= 0.6 is 0 Å². The molecule has 2 aliphatic carbocycles. The van der Waals surface area contributed by atoms with Crippen LogP contribution in [0.2, 0.25) is 0 Å². The topological polar surface area (TPSA) is 3.24 Å². The van der Waals surface area contributed by atoms with E-state index in [4.69, 9.17) is 0 Å². The Kier molecular flexibility index (Phi) is 2.53. The van der Waals surface area contributed by atoms with Gasteiger partial charge in [-0.15, -0.1) is 0 Å². The van der Waals surface area contributed by atoms with Gasteiger partial charge in [-0.3, -0.25) is 4.90 Å². The number of rotatable bonds is 1. The minimum absolute atomic E-state index is 0.989. The Morgan fingerprint density at radius 3 is 2.21 bits per heavy atom.